The number of aryl methyl sites for hydroxylation is 1. The minimum Gasteiger partial charge on any atom is -0.482 e. The number of hydrogen-bond acceptors (Lipinski definition) is 4. The summed E-state index contributed by atoms with van der Waals surface area (Å²) in [6.45, 7) is 5.72. The van der Waals surface area contributed by atoms with Gasteiger partial charge in [0.2, 0.25) is 0 Å². The molecule has 0 saturated carbocycles. The lowest BCUT2D eigenvalue weighted by molar-refractivity contribution is -0.150. The molecule has 0 bridgehead atoms. The Morgan fingerprint density at radius 2 is 2.05 bits per heavy atom. The Morgan fingerprint density at radius 1 is 1.32 bits per heavy atom. The predicted octanol–water partition coefficient (Wildman–Crippen LogP) is 1.79. The van der Waals surface area contributed by atoms with Gasteiger partial charge in [0.05, 0.1) is 6.54 Å². The van der Waals surface area contributed by atoms with E-state index in [-0.39, 0.29) is 19.8 Å². The average molecular weight is 303 g/mol. The fraction of sp³-hybridized carbons (Fsp3) is 0.412. The smallest absolute Gasteiger partial charge is 0.344 e. The molecule has 0 fully saturated rings. The van der Waals surface area contributed by atoms with E-state index in [2.05, 4.69) is 25.1 Å². The van der Waals surface area contributed by atoms with Gasteiger partial charge in [-0.25, -0.2) is 4.79 Å². The number of amides is 1. The Morgan fingerprint density at radius 3 is 2.64 bits per heavy atom. The van der Waals surface area contributed by atoms with Crippen molar-refractivity contribution in [2.24, 2.45) is 0 Å². The Labute approximate surface area is 131 Å². The van der Waals surface area contributed by atoms with Crippen LogP contribution in [0.25, 0.3) is 0 Å². The highest BCUT2D eigenvalue weighted by molar-refractivity contribution is 5.81. The Kier molecular flexibility index (Phi) is 6.97. The summed E-state index contributed by atoms with van der Waals surface area (Å²) < 4.78 is 10.1. The molecular weight excluding hydrogens is 282 g/mol. The number of hydrogen-bond donors (Lipinski definition) is 1. The van der Waals surface area contributed by atoms with Gasteiger partial charge in [-0.05, 0) is 36.1 Å². The summed E-state index contributed by atoms with van der Waals surface area (Å²) in [5.74, 6) is 2.23. The lowest BCUT2D eigenvalue weighted by Crippen LogP contribution is -2.30. The fourth-order valence-electron chi connectivity index (χ4n) is 1.92. The molecule has 5 nitrogen and oxygen atoms in total. The lowest BCUT2D eigenvalue weighted by atomic mass is 9.98. The van der Waals surface area contributed by atoms with Crippen LogP contribution in [0.5, 0.6) is 5.75 Å². The highest BCUT2D eigenvalue weighted by Crippen LogP contribution is 2.23. The Balaban J connectivity index is 2.40. The van der Waals surface area contributed by atoms with Gasteiger partial charge in [-0.1, -0.05) is 25.8 Å². The minimum absolute atomic E-state index is 0.106. The molecule has 0 unspecified atom stereocenters. The maximum atomic E-state index is 11.5. The minimum atomic E-state index is -0.610. The largest absolute Gasteiger partial charge is 0.482 e. The molecule has 0 saturated heterocycles. The third-order valence-corrected chi connectivity index (χ3v) is 2.97. The van der Waals surface area contributed by atoms with Gasteiger partial charge >= 0.3 is 5.97 Å². The second-order valence-electron chi connectivity index (χ2n) is 5.10. The standard InChI is InChI=1S/C17H21NO4/c1-5-8-18-16(19)10-22-17(20)11-21-14-6-7-15(12(2)3)13(4)9-14/h1,6-7,9,12H,8,10-11H2,2-4H3,(H,18,19). The lowest BCUT2D eigenvalue weighted by Gasteiger charge is -2.12. The SMILES string of the molecule is C#CCNC(=O)COC(=O)COc1ccc(C(C)C)c(C)c1. The van der Waals surface area contributed by atoms with Crippen LogP contribution in [0.2, 0.25) is 0 Å². The average Bonchev–Trinajstić information content (AvgIpc) is 2.48. The van der Waals surface area contributed by atoms with E-state index < -0.39 is 11.9 Å². The van der Waals surface area contributed by atoms with E-state index in [0.717, 1.165) is 5.56 Å². The molecule has 5 heteroatoms. The third kappa shape index (κ3) is 5.88. The van der Waals surface area contributed by atoms with Crippen molar-refractivity contribution in [1.29, 1.82) is 0 Å². The predicted molar refractivity (Wildman–Crippen MR) is 83.6 cm³/mol. The number of benzene rings is 1. The molecule has 0 atom stereocenters. The molecule has 0 heterocycles. The Hall–Kier alpha value is -2.48. The number of nitrogens with one attached hydrogen (secondary N) is 1. The van der Waals surface area contributed by atoms with Gasteiger partial charge in [0, 0.05) is 0 Å². The summed E-state index contributed by atoms with van der Waals surface area (Å²) in [6.07, 6.45) is 4.99. The van der Waals surface area contributed by atoms with E-state index in [1.165, 1.54) is 5.56 Å². The molecule has 0 aromatic heterocycles. The van der Waals surface area contributed by atoms with Crippen LogP contribution >= 0.6 is 0 Å². The van der Waals surface area contributed by atoms with Crippen molar-refractivity contribution >= 4 is 11.9 Å². The highest BCUT2D eigenvalue weighted by Gasteiger charge is 2.09. The van der Waals surface area contributed by atoms with Crippen LogP contribution in [0.4, 0.5) is 0 Å². The molecule has 1 amide bonds. The first-order valence-electron chi connectivity index (χ1n) is 7.03. The quantitative estimate of drug-likeness (QED) is 0.616. The van der Waals surface area contributed by atoms with Crippen molar-refractivity contribution in [3.8, 4) is 18.1 Å². The molecule has 0 spiro atoms. The van der Waals surface area contributed by atoms with Gasteiger partial charge in [-0.2, -0.15) is 0 Å². The number of ether oxygens (including phenoxy) is 2. The number of carbonyl (C=O) groups is 2. The van der Waals surface area contributed by atoms with Crippen molar-refractivity contribution < 1.29 is 19.1 Å². The van der Waals surface area contributed by atoms with Gasteiger partial charge in [0.1, 0.15) is 5.75 Å². The van der Waals surface area contributed by atoms with Crippen LogP contribution < -0.4 is 10.1 Å². The van der Waals surface area contributed by atoms with E-state index in [1.54, 1.807) is 0 Å². The van der Waals surface area contributed by atoms with Crippen LogP contribution in [-0.2, 0) is 14.3 Å². The van der Waals surface area contributed by atoms with Crippen molar-refractivity contribution in [1.82, 2.24) is 5.32 Å². The molecule has 118 valence electrons. The molecule has 0 aliphatic heterocycles. The zero-order chi connectivity index (χ0) is 16.5. The van der Waals surface area contributed by atoms with Crippen LogP contribution in [0.3, 0.4) is 0 Å². The Bertz CT molecular complexity index is 573. The van der Waals surface area contributed by atoms with E-state index >= 15 is 0 Å². The van der Waals surface area contributed by atoms with Gasteiger partial charge in [0.15, 0.2) is 13.2 Å². The van der Waals surface area contributed by atoms with E-state index in [1.807, 2.05) is 25.1 Å². The van der Waals surface area contributed by atoms with Gasteiger partial charge in [0.25, 0.3) is 5.91 Å². The summed E-state index contributed by atoms with van der Waals surface area (Å²) in [7, 11) is 0. The molecule has 1 aromatic rings. The molecule has 1 rings (SSSR count). The van der Waals surface area contributed by atoms with Crippen LogP contribution in [0, 0.1) is 19.3 Å². The second-order valence-corrected chi connectivity index (χ2v) is 5.10. The molecular formula is C17H21NO4. The van der Waals surface area contributed by atoms with Crippen molar-refractivity contribution in [2.75, 3.05) is 19.8 Å². The number of terminal acetylenes is 1. The van der Waals surface area contributed by atoms with Crippen LogP contribution in [-0.4, -0.2) is 31.6 Å². The first kappa shape index (κ1) is 17.6. The molecule has 1 N–H and O–H groups in total. The summed E-state index contributed by atoms with van der Waals surface area (Å²) in [4.78, 5) is 22.7. The maximum Gasteiger partial charge on any atom is 0.344 e. The number of rotatable bonds is 7. The monoisotopic (exact) mass is 303 g/mol. The first-order valence-corrected chi connectivity index (χ1v) is 7.03. The van der Waals surface area contributed by atoms with Crippen molar-refractivity contribution in [2.45, 2.75) is 26.7 Å². The number of esters is 1. The van der Waals surface area contributed by atoms with Gasteiger partial charge in [-0.3, -0.25) is 4.79 Å². The van der Waals surface area contributed by atoms with E-state index in [0.29, 0.717) is 11.7 Å². The molecule has 0 aliphatic rings. The van der Waals surface area contributed by atoms with Crippen molar-refractivity contribution in [3.63, 3.8) is 0 Å². The molecule has 22 heavy (non-hydrogen) atoms. The molecule has 0 radical (unpaired) electrons. The summed E-state index contributed by atoms with van der Waals surface area (Å²) >= 11 is 0. The van der Waals surface area contributed by atoms with E-state index in [9.17, 15) is 9.59 Å². The third-order valence-electron chi connectivity index (χ3n) is 2.97. The highest BCUT2D eigenvalue weighted by atomic mass is 16.6. The maximum absolute atomic E-state index is 11.5. The molecule has 1 aromatic carbocycles. The zero-order valence-electron chi connectivity index (χ0n) is 13.1. The molecule has 0 aliphatic carbocycles. The summed E-state index contributed by atoms with van der Waals surface area (Å²) in [6, 6.07) is 5.67. The zero-order valence-corrected chi connectivity index (χ0v) is 13.1. The van der Waals surface area contributed by atoms with Crippen LogP contribution in [0.15, 0.2) is 18.2 Å². The first-order chi connectivity index (χ1) is 10.4. The van der Waals surface area contributed by atoms with E-state index in [4.69, 9.17) is 15.9 Å². The second kappa shape index (κ2) is 8.73. The number of carbonyl (C=O) groups excluding carboxylic acids is 2. The van der Waals surface area contributed by atoms with Crippen LogP contribution in [0.1, 0.15) is 30.9 Å². The van der Waals surface area contributed by atoms with Gasteiger partial charge < -0.3 is 14.8 Å². The normalized spacial score (nSPS) is 9.95. The summed E-state index contributed by atoms with van der Waals surface area (Å²) in [5, 5.41) is 2.39. The fourth-order valence-corrected chi connectivity index (χ4v) is 1.92. The van der Waals surface area contributed by atoms with Gasteiger partial charge in [-0.15, -0.1) is 6.42 Å². The topological polar surface area (TPSA) is 64.6 Å². The summed E-state index contributed by atoms with van der Waals surface area (Å²) in [5.41, 5.74) is 2.34. The van der Waals surface area contributed by atoms with Crippen molar-refractivity contribution in [3.05, 3.63) is 29.3 Å².